The van der Waals surface area contributed by atoms with Gasteiger partial charge in [0.15, 0.2) is 6.61 Å². The molecule has 0 aliphatic rings. The molecule has 2 aromatic carbocycles. The zero-order chi connectivity index (χ0) is 18.3. The first kappa shape index (κ1) is 18.1. The van der Waals surface area contributed by atoms with E-state index >= 15 is 0 Å². The Labute approximate surface area is 141 Å². The summed E-state index contributed by atoms with van der Waals surface area (Å²) in [6.45, 7) is -1.48. The zero-order valence-electron chi connectivity index (χ0n) is 12.8. The summed E-state index contributed by atoms with van der Waals surface area (Å²) < 4.78 is 47.3. The molecule has 25 heavy (non-hydrogen) atoms. The molecule has 1 amide bonds. The number of carbonyl (C=O) groups is 1. The van der Waals surface area contributed by atoms with Crippen molar-refractivity contribution in [1.29, 1.82) is 5.26 Å². The number of nitrogens with one attached hydrogen (secondary N) is 1. The predicted molar refractivity (Wildman–Crippen MR) is 83.4 cm³/mol. The fourth-order valence-electron chi connectivity index (χ4n) is 1.85. The third-order valence-electron chi connectivity index (χ3n) is 2.78. The molecule has 0 aliphatic carbocycles. The van der Waals surface area contributed by atoms with Crippen LogP contribution in [0.4, 0.5) is 18.9 Å². The topological polar surface area (TPSA) is 71.4 Å². The number of amides is 1. The molecular weight excluding hydrogens is 337 g/mol. The fourth-order valence-corrected chi connectivity index (χ4v) is 1.85. The lowest BCUT2D eigenvalue weighted by Crippen LogP contribution is -2.19. The molecule has 8 heteroatoms. The van der Waals surface area contributed by atoms with E-state index in [1.54, 1.807) is 36.4 Å². The van der Waals surface area contributed by atoms with E-state index in [1.165, 1.54) is 18.2 Å². The Morgan fingerprint density at radius 2 is 1.76 bits per heavy atom. The Morgan fingerprint density at radius 1 is 1.08 bits per heavy atom. The normalized spacial score (nSPS) is 10.6. The summed E-state index contributed by atoms with van der Waals surface area (Å²) in [7, 11) is 0. The predicted octanol–water partition coefficient (Wildman–Crippen LogP) is 4.27. The van der Waals surface area contributed by atoms with Crippen molar-refractivity contribution in [2.45, 2.75) is 12.6 Å². The van der Waals surface area contributed by atoms with E-state index in [9.17, 15) is 18.0 Å². The molecule has 0 radical (unpaired) electrons. The summed E-state index contributed by atoms with van der Waals surface area (Å²) in [6.07, 6.45) is -4.89. The Kier molecular flexibility index (Phi) is 5.84. The average Bonchev–Trinajstić information content (AvgIpc) is 2.53. The van der Waals surface area contributed by atoms with Crippen molar-refractivity contribution >= 4 is 11.6 Å². The van der Waals surface area contributed by atoms with Crippen molar-refractivity contribution in [2.75, 3.05) is 11.9 Å². The van der Waals surface area contributed by atoms with Crippen LogP contribution < -0.4 is 14.8 Å². The summed E-state index contributed by atoms with van der Waals surface area (Å²) >= 11 is 0. The minimum atomic E-state index is -4.50. The highest BCUT2D eigenvalue weighted by Gasteiger charge is 2.28. The third kappa shape index (κ3) is 6.43. The number of para-hydroxylation sites is 1. The van der Waals surface area contributed by atoms with E-state index in [0.717, 1.165) is 0 Å². The quantitative estimate of drug-likeness (QED) is 0.844. The molecule has 0 spiro atoms. The number of ether oxygens (including phenoxy) is 2. The minimum Gasteiger partial charge on any atom is -0.484 e. The van der Waals surface area contributed by atoms with Crippen LogP contribution in [-0.2, 0) is 4.79 Å². The zero-order valence-corrected chi connectivity index (χ0v) is 12.8. The van der Waals surface area contributed by atoms with E-state index in [2.05, 4.69) is 5.32 Å². The summed E-state index contributed by atoms with van der Waals surface area (Å²) in [5.74, 6) is -0.0814. The molecule has 130 valence electrons. The van der Waals surface area contributed by atoms with Gasteiger partial charge >= 0.3 is 6.18 Å². The van der Waals surface area contributed by atoms with E-state index in [-0.39, 0.29) is 23.6 Å². The second kappa shape index (κ2) is 8.06. The SMILES string of the molecule is N#CCC(=O)Nc1cc(OCC(F)(F)F)cc(Oc2ccccc2)c1. The van der Waals surface area contributed by atoms with Crippen molar-refractivity contribution in [3.05, 3.63) is 48.5 Å². The maximum Gasteiger partial charge on any atom is 0.422 e. The molecule has 0 bridgehead atoms. The maximum absolute atomic E-state index is 12.3. The number of rotatable bonds is 6. The largest absolute Gasteiger partial charge is 0.484 e. The number of nitrogens with zero attached hydrogens (tertiary/aromatic N) is 1. The van der Waals surface area contributed by atoms with Crippen LogP contribution in [0.15, 0.2) is 48.5 Å². The van der Waals surface area contributed by atoms with Gasteiger partial charge in [-0.05, 0) is 12.1 Å². The van der Waals surface area contributed by atoms with Gasteiger partial charge in [0.25, 0.3) is 0 Å². The average molecular weight is 350 g/mol. The molecule has 0 fully saturated rings. The Bertz CT molecular complexity index is 771. The third-order valence-corrected chi connectivity index (χ3v) is 2.78. The summed E-state index contributed by atoms with van der Waals surface area (Å²) in [6, 6.07) is 14.2. The van der Waals surface area contributed by atoms with E-state index in [4.69, 9.17) is 14.7 Å². The summed E-state index contributed by atoms with van der Waals surface area (Å²) in [5, 5.41) is 10.9. The van der Waals surface area contributed by atoms with Gasteiger partial charge in [-0.2, -0.15) is 18.4 Å². The first-order chi connectivity index (χ1) is 11.9. The van der Waals surface area contributed by atoms with Crippen LogP contribution in [0.3, 0.4) is 0 Å². The highest BCUT2D eigenvalue weighted by atomic mass is 19.4. The van der Waals surface area contributed by atoms with E-state index in [1.807, 2.05) is 0 Å². The molecule has 0 aliphatic heterocycles. The smallest absolute Gasteiger partial charge is 0.422 e. The standard InChI is InChI=1S/C17H13F3N2O3/c18-17(19,20)11-24-14-8-12(22-16(23)6-7-21)9-15(10-14)25-13-4-2-1-3-5-13/h1-5,8-10H,6,11H2,(H,22,23). The number of hydrogen-bond donors (Lipinski definition) is 1. The number of carbonyl (C=O) groups excluding carboxylic acids is 1. The molecule has 0 saturated carbocycles. The van der Waals surface area contributed by atoms with Gasteiger partial charge in [0.1, 0.15) is 23.7 Å². The van der Waals surface area contributed by atoms with E-state index < -0.39 is 18.7 Å². The highest BCUT2D eigenvalue weighted by Crippen LogP contribution is 2.31. The number of benzene rings is 2. The van der Waals surface area contributed by atoms with Crippen molar-refractivity contribution in [2.24, 2.45) is 0 Å². The van der Waals surface area contributed by atoms with Gasteiger partial charge < -0.3 is 14.8 Å². The van der Waals surface area contributed by atoms with Crippen LogP contribution in [0.2, 0.25) is 0 Å². The van der Waals surface area contributed by atoms with Gasteiger partial charge in [-0.25, -0.2) is 0 Å². The van der Waals surface area contributed by atoms with Crippen molar-refractivity contribution in [3.63, 3.8) is 0 Å². The van der Waals surface area contributed by atoms with Gasteiger partial charge in [-0.15, -0.1) is 0 Å². The Morgan fingerprint density at radius 3 is 2.40 bits per heavy atom. The second-order valence-electron chi connectivity index (χ2n) is 4.90. The maximum atomic E-state index is 12.3. The van der Waals surface area contributed by atoms with Crippen LogP contribution in [0.25, 0.3) is 0 Å². The molecule has 2 rings (SSSR count). The lowest BCUT2D eigenvalue weighted by atomic mass is 10.2. The first-order valence-electron chi connectivity index (χ1n) is 7.10. The van der Waals surface area contributed by atoms with Crippen molar-refractivity contribution in [3.8, 4) is 23.3 Å². The molecular formula is C17H13F3N2O3. The molecule has 1 N–H and O–H groups in total. The minimum absolute atomic E-state index is 0.127. The van der Waals surface area contributed by atoms with Gasteiger partial charge in [0.2, 0.25) is 5.91 Å². The van der Waals surface area contributed by atoms with Gasteiger partial charge in [-0.3, -0.25) is 4.79 Å². The molecule has 0 aromatic heterocycles. The fraction of sp³-hybridized carbons (Fsp3) is 0.176. The van der Waals surface area contributed by atoms with E-state index in [0.29, 0.717) is 5.75 Å². The number of nitriles is 1. The van der Waals surface area contributed by atoms with Gasteiger partial charge in [0.05, 0.1) is 6.07 Å². The molecule has 2 aromatic rings. The molecule has 0 saturated heterocycles. The number of hydrogen-bond acceptors (Lipinski definition) is 4. The molecule has 0 unspecified atom stereocenters. The molecule has 0 heterocycles. The van der Waals surface area contributed by atoms with Gasteiger partial charge in [-0.1, -0.05) is 18.2 Å². The van der Waals surface area contributed by atoms with Crippen LogP contribution in [0.1, 0.15) is 6.42 Å². The second-order valence-corrected chi connectivity index (χ2v) is 4.90. The Hall–Kier alpha value is -3.21. The summed E-state index contributed by atoms with van der Waals surface area (Å²) in [4.78, 5) is 11.5. The molecule has 0 atom stereocenters. The van der Waals surface area contributed by atoms with Crippen LogP contribution in [-0.4, -0.2) is 18.7 Å². The monoisotopic (exact) mass is 350 g/mol. The lowest BCUT2D eigenvalue weighted by molar-refractivity contribution is -0.153. The van der Waals surface area contributed by atoms with Gasteiger partial charge in [0, 0.05) is 23.9 Å². The first-order valence-corrected chi connectivity index (χ1v) is 7.10. The number of anilines is 1. The number of alkyl halides is 3. The molecule has 5 nitrogen and oxygen atoms in total. The summed E-state index contributed by atoms with van der Waals surface area (Å²) in [5.41, 5.74) is 0.158. The van der Waals surface area contributed by atoms with Crippen LogP contribution >= 0.6 is 0 Å². The van der Waals surface area contributed by atoms with Crippen molar-refractivity contribution in [1.82, 2.24) is 0 Å². The number of halogens is 3. The Balaban J connectivity index is 2.24. The van der Waals surface area contributed by atoms with Crippen LogP contribution in [0, 0.1) is 11.3 Å². The lowest BCUT2D eigenvalue weighted by Gasteiger charge is -2.13. The highest BCUT2D eigenvalue weighted by molar-refractivity contribution is 5.92. The van der Waals surface area contributed by atoms with Crippen molar-refractivity contribution < 1.29 is 27.4 Å². The van der Waals surface area contributed by atoms with Crippen LogP contribution in [0.5, 0.6) is 17.2 Å².